The zero-order valence-corrected chi connectivity index (χ0v) is 11.4. The van der Waals surface area contributed by atoms with E-state index in [1.165, 1.54) is 12.1 Å². The highest BCUT2D eigenvalue weighted by Gasteiger charge is 2.08. The molecule has 2 aromatic carbocycles. The van der Waals surface area contributed by atoms with E-state index < -0.39 is 11.6 Å². The SMILES string of the molecule is CCOc1cc(C=O)ccc1OCc1cc(F)cc(F)c1. The Kier molecular flexibility index (Phi) is 4.87. The van der Waals surface area contributed by atoms with E-state index in [-0.39, 0.29) is 6.61 Å². The summed E-state index contributed by atoms with van der Waals surface area (Å²) in [6, 6.07) is 7.92. The second kappa shape index (κ2) is 6.83. The van der Waals surface area contributed by atoms with Crippen LogP contribution in [0.15, 0.2) is 36.4 Å². The number of rotatable bonds is 6. The highest BCUT2D eigenvalue weighted by atomic mass is 19.1. The van der Waals surface area contributed by atoms with E-state index in [4.69, 9.17) is 9.47 Å². The predicted molar refractivity (Wildman–Crippen MR) is 73.7 cm³/mol. The summed E-state index contributed by atoms with van der Waals surface area (Å²) >= 11 is 0. The van der Waals surface area contributed by atoms with Gasteiger partial charge in [0.1, 0.15) is 24.5 Å². The zero-order valence-electron chi connectivity index (χ0n) is 11.4. The second-order valence-corrected chi connectivity index (χ2v) is 4.32. The van der Waals surface area contributed by atoms with E-state index in [1.807, 2.05) is 0 Å². The maximum Gasteiger partial charge on any atom is 0.161 e. The predicted octanol–water partition coefficient (Wildman–Crippen LogP) is 3.76. The van der Waals surface area contributed by atoms with Crippen molar-refractivity contribution in [2.24, 2.45) is 0 Å². The van der Waals surface area contributed by atoms with Gasteiger partial charge in [-0.3, -0.25) is 4.79 Å². The Bertz CT molecular complexity index is 621. The fourth-order valence-electron chi connectivity index (χ4n) is 1.84. The Balaban J connectivity index is 2.16. The average molecular weight is 292 g/mol. The Morgan fingerprint density at radius 3 is 2.33 bits per heavy atom. The molecule has 0 amide bonds. The zero-order chi connectivity index (χ0) is 15.2. The molecule has 3 nitrogen and oxygen atoms in total. The third kappa shape index (κ3) is 4.02. The largest absolute Gasteiger partial charge is 0.490 e. The molecule has 0 spiro atoms. The van der Waals surface area contributed by atoms with E-state index in [0.717, 1.165) is 6.07 Å². The van der Waals surface area contributed by atoms with Gasteiger partial charge in [0, 0.05) is 11.6 Å². The average Bonchev–Trinajstić information content (AvgIpc) is 2.45. The van der Waals surface area contributed by atoms with Crippen LogP contribution in [-0.4, -0.2) is 12.9 Å². The number of hydrogen-bond donors (Lipinski definition) is 0. The molecular weight excluding hydrogens is 278 g/mol. The van der Waals surface area contributed by atoms with Crippen LogP contribution in [0.4, 0.5) is 8.78 Å². The van der Waals surface area contributed by atoms with Gasteiger partial charge in [0.25, 0.3) is 0 Å². The van der Waals surface area contributed by atoms with Crippen molar-refractivity contribution in [1.29, 1.82) is 0 Å². The quantitative estimate of drug-likeness (QED) is 0.761. The van der Waals surface area contributed by atoms with E-state index >= 15 is 0 Å². The number of benzene rings is 2. The van der Waals surface area contributed by atoms with Crippen LogP contribution in [0.3, 0.4) is 0 Å². The molecule has 0 aliphatic heterocycles. The molecule has 0 heterocycles. The molecule has 0 unspecified atom stereocenters. The first kappa shape index (κ1) is 15.0. The van der Waals surface area contributed by atoms with Gasteiger partial charge < -0.3 is 9.47 Å². The van der Waals surface area contributed by atoms with Gasteiger partial charge in [-0.1, -0.05) is 0 Å². The number of aldehydes is 1. The first-order valence-corrected chi connectivity index (χ1v) is 6.42. The lowest BCUT2D eigenvalue weighted by molar-refractivity contribution is 0.112. The van der Waals surface area contributed by atoms with E-state index in [0.29, 0.717) is 35.5 Å². The highest BCUT2D eigenvalue weighted by molar-refractivity contribution is 5.76. The van der Waals surface area contributed by atoms with Crippen LogP contribution in [0.5, 0.6) is 11.5 Å². The molecule has 5 heteroatoms. The summed E-state index contributed by atoms with van der Waals surface area (Å²) in [7, 11) is 0. The van der Waals surface area contributed by atoms with Gasteiger partial charge in [-0.05, 0) is 42.8 Å². The molecule has 0 radical (unpaired) electrons. The normalized spacial score (nSPS) is 10.2. The van der Waals surface area contributed by atoms with Crippen molar-refractivity contribution in [2.75, 3.05) is 6.61 Å². The van der Waals surface area contributed by atoms with Gasteiger partial charge in [0.05, 0.1) is 6.61 Å². The van der Waals surface area contributed by atoms with Crippen LogP contribution in [-0.2, 0) is 6.61 Å². The van der Waals surface area contributed by atoms with E-state index in [9.17, 15) is 13.6 Å². The molecule has 0 aliphatic carbocycles. The minimum absolute atomic E-state index is 0.00477. The van der Waals surface area contributed by atoms with E-state index in [2.05, 4.69) is 0 Å². The topological polar surface area (TPSA) is 35.5 Å². The number of ether oxygens (including phenoxy) is 2. The third-order valence-electron chi connectivity index (χ3n) is 2.72. The third-order valence-corrected chi connectivity index (χ3v) is 2.72. The van der Waals surface area contributed by atoms with Crippen molar-refractivity contribution in [2.45, 2.75) is 13.5 Å². The van der Waals surface area contributed by atoms with Gasteiger partial charge in [0.2, 0.25) is 0 Å². The molecule has 2 rings (SSSR count). The highest BCUT2D eigenvalue weighted by Crippen LogP contribution is 2.29. The van der Waals surface area contributed by atoms with Crippen molar-refractivity contribution in [3.05, 3.63) is 59.2 Å². The van der Waals surface area contributed by atoms with E-state index in [1.54, 1.807) is 25.1 Å². The molecule has 0 aromatic heterocycles. The monoisotopic (exact) mass is 292 g/mol. The smallest absolute Gasteiger partial charge is 0.161 e. The molecule has 2 aromatic rings. The molecular formula is C16H14F2O3. The molecule has 0 fully saturated rings. The van der Waals surface area contributed by atoms with Gasteiger partial charge in [-0.25, -0.2) is 8.78 Å². The minimum Gasteiger partial charge on any atom is -0.490 e. The first-order chi connectivity index (χ1) is 10.1. The Morgan fingerprint density at radius 2 is 1.71 bits per heavy atom. The number of carbonyl (C=O) groups excluding carboxylic acids is 1. The van der Waals surface area contributed by atoms with Crippen LogP contribution in [0.2, 0.25) is 0 Å². The summed E-state index contributed by atoms with van der Waals surface area (Å²) in [5.41, 5.74) is 0.831. The molecule has 0 saturated heterocycles. The summed E-state index contributed by atoms with van der Waals surface area (Å²) in [5.74, 6) is -0.490. The lowest BCUT2D eigenvalue weighted by Crippen LogP contribution is -2.01. The molecule has 0 N–H and O–H groups in total. The fraction of sp³-hybridized carbons (Fsp3) is 0.188. The lowest BCUT2D eigenvalue weighted by atomic mass is 10.2. The molecule has 0 aliphatic rings. The van der Waals surface area contributed by atoms with Gasteiger partial charge >= 0.3 is 0 Å². The summed E-state index contributed by atoms with van der Waals surface area (Å²) in [4.78, 5) is 10.7. The summed E-state index contributed by atoms with van der Waals surface area (Å²) in [6.07, 6.45) is 0.703. The van der Waals surface area contributed by atoms with Crippen molar-refractivity contribution in [1.82, 2.24) is 0 Å². The molecule has 110 valence electrons. The standard InChI is InChI=1S/C16H14F2O3/c1-2-20-16-7-11(9-19)3-4-15(16)21-10-12-5-13(17)8-14(18)6-12/h3-9H,2,10H2,1H3. The number of halogens is 2. The van der Waals surface area contributed by atoms with Crippen LogP contribution in [0.1, 0.15) is 22.8 Å². The summed E-state index contributed by atoms with van der Waals surface area (Å²) in [6.45, 7) is 2.21. The minimum atomic E-state index is -0.657. The first-order valence-electron chi connectivity index (χ1n) is 6.42. The molecule has 21 heavy (non-hydrogen) atoms. The molecule has 0 saturated carbocycles. The molecule has 0 atom stereocenters. The fourth-order valence-corrected chi connectivity index (χ4v) is 1.84. The Labute approximate surface area is 121 Å². The van der Waals surface area contributed by atoms with Crippen LogP contribution in [0.25, 0.3) is 0 Å². The maximum absolute atomic E-state index is 13.1. The lowest BCUT2D eigenvalue weighted by Gasteiger charge is -2.12. The van der Waals surface area contributed by atoms with Crippen LogP contribution < -0.4 is 9.47 Å². The maximum atomic E-state index is 13.1. The molecule has 0 bridgehead atoms. The van der Waals surface area contributed by atoms with Crippen molar-refractivity contribution in [3.63, 3.8) is 0 Å². The number of hydrogen-bond acceptors (Lipinski definition) is 3. The van der Waals surface area contributed by atoms with Crippen molar-refractivity contribution >= 4 is 6.29 Å². The second-order valence-electron chi connectivity index (χ2n) is 4.32. The van der Waals surface area contributed by atoms with Crippen LogP contribution in [0, 0.1) is 11.6 Å². The van der Waals surface area contributed by atoms with Gasteiger partial charge in [-0.2, -0.15) is 0 Å². The van der Waals surface area contributed by atoms with Gasteiger partial charge in [-0.15, -0.1) is 0 Å². The Hall–Kier alpha value is -2.43. The van der Waals surface area contributed by atoms with Crippen LogP contribution >= 0.6 is 0 Å². The summed E-state index contributed by atoms with van der Waals surface area (Å²) in [5, 5.41) is 0. The van der Waals surface area contributed by atoms with Crippen molar-refractivity contribution < 1.29 is 23.0 Å². The van der Waals surface area contributed by atoms with Gasteiger partial charge in [0.15, 0.2) is 11.5 Å². The number of carbonyl (C=O) groups is 1. The Morgan fingerprint density at radius 1 is 1.00 bits per heavy atom. The summed E-state index contributed by atoms with van der Waals surface area (Å²) < 4.78 is 37.1. The van der Waals surface area contributed by atoms with Crippen molar-refractivity contribution in [3.8, 4) is 11.5 Å².